The van der Waals surface area contributed by atoms with Crippen LogP contribution in [0, 0.1) is 6.92 Å². The van der Waals surface area contributed by atoms with Gasteiger partial charge in [-0.1, -0.05) is 10.3 Å². The quantitative estimate of drug-likeness (QED) is 0.735. The highest BCUT2D eigenvalue weighted by Crippen LogP contribution is 2.32. The number of hydrogen-bond donors (Lipinski definition) is 1. The van der Waals surface area contributed by atoms with Gasteiger partial charge in [-0.25, -0.2) is 14.1 Å². The molecule has 28 heavy (non-hydrogen) atoms. The van der Waals surface area contributed by atoms with Crippen molar-refractivity contribution in [3.63, 3.8) is 0 Å². The molecule has 4 heterocycles. The number of likely N-dealkylation sites (tertiary alicyclic amines) is 1. The van der Waals surface area contributed by atoms with Crippen LogP contribution in [0.15, 0.2) is 15.5 Å². The summed E-state index contributed by atoms with van der Waals surface area (Å²) in [5.74, 6) is -0.0143. The lowest BCUT2D eigenvalue weighted by Crippen LogP contribution is -2.32. The van der Waals surface area contributed by atoms with E-state index in [0.717, 1.165) is 55.5 Å². The van der Waals surface area contributed by atoms with Gasteiger partial charge < -0.3 is 4.90 Å². The van der Waals surface area contributed by atoms with Gasteiger partial charge in [-0.2, -0.15) is 0 Å². The maximum absolute atomic E-state index is 12.9. The SMILES string of the molecule is Cc1nonc1CC(=O)N1CCC[C@@H]1c1cc2nc3c(c(=O)n2[nH]1)CCCC3. The van der Waals surface area contributed by atoms with Gasteiger partial charge in [0, 0.05) is 18.2 Å². The van der Waals surface area contributed by atoms with Crippen LogP contribution in [-0.2, 0) is 24.1 Å². The van der Waals surface area contributed by atoms with E-state index >= 15 is 0 Å². The first-order valence-corrected chi connectivity index (χ1v) is 9.83. The van der Waals surface area contributed by atoms with E-state index in [1.165, 1.54) is 4.52 Å². The number of amides is 1. The molecule has 3 aromatic heterocycles. The van der Waals surface area contributed by atoms with E-state index in [0.29, 0.717) is 23.6 Å². The third-order valence-corrected chi connectivity index (χ3v) is 5.90. The molecule has 0 radical (unpaired) electrons. The maximum Gasteiger partial charge on any atom is 0.276 e. The maximum atomic E-state index is 12.9. The Morgan fingerprint density at radius 2 is 2.14 bits per heavy atom. The van der Waals surface area contributed by atoms with Gasteiger partial charge in [-0.15, -0.1) is 0 Å². The van der Waals surface area contributed by atoms with Gasteiger partial charge in [-0.05, 0) is 45.4 Å². The molecule has 1 N–H and O–H groups in total. The molecule has 1 aliphatic carbocycles. The summed E-state index contributed by atoms with van der Waals surface area (Å²) in [6, 6.07) is 1.82. The summed E-state index contributed by atoms with van der Waals surface area (Å²) in [6.45, 7) is 2.46. The summed E-state index contributed by atoms with van der Waals surface area (Å²) in [7, 11) is 0. The molecule has 1 atom stereocenters. The van der Waals surface area contributed by atoms with Crippen LogP contribution < -0.4 is 5.56 Å². The number of hydrogen-bond acceptors (Lipinski definition) is 6. The highest BCUT2D eigenvalue weighted by atomic mass is 16.6. The first-order valence-electron chi connectivity index (χ1n) is 9.83. The monoisotopic (exact) mass is 382 g/mol. The molecule has 9 nitrogen and oxygen atoms in total. The molecule has 1 amide bonds. The van der Waals surface area contributed by atoms with Crippen LogP contribution in [-0.4, -0.2) is 42.3 Å². The fourth-order valence-corrected chi connectivity index (χ4v) is 4.39. The predicted molar refractivity (Wildman–Crippen MR) is 98.9 cm³/mol. The van der Waals surface area contributed by atoms with Crippen LogP contribution in [0.3, 0.4) is 0 Å². The van der Waals surface area contributed by atoms with Crippen molar-refractivity contribution in [2.45, 2.75) is 57.9 Å². The Labute approximate surface area is 160 Å². The lowest BCUT2D eigenvalue weighted by Gasteiger charge is -2.23. The van der Waals surface area contributed by atoms with Crippen LogP contribution >= 0.6 is 0 Å². The van der Waals surface area contributed by atoms with Gasteiger partial charge >= 0.3 is 0 Å². The molecule has 5 rings (SSSR count). The fraction of sp³-hybridized carbons (Fsp3) is 0.526. The second kappa shape index (κ2) is 6.57. The number of rotatable bonds is 3. The number of aryl methyl sites for hydroxylation is 2. The zero-order valence-corrected chi connectivity index (χ0v) is 15.8. The predicted octanol–water partition coefficient (Wildman–Crippen LogP) is 1.50. The van der Waals surface area contributed by atoms with Crippen molar-refractivity contribution in [1.29, 1.82) is 0 Å². The third kappa shape index (κ3) is 2.73. The van der Waals surface area contributed by atoms with E-state index in [4.69, 9.17) is 9.61 Å². The number of nitrogens with one attached hydrogen (secondary N) is 1. The smallest absolute Gasteiger partial charge is 0.276 e. The number of H-pyrrole nitrogens is 1. The number of carbonyl (C=O) groups excluding carboxylic acids is 1. The minimum absolute atomic E-state index is 0.00822. The zero-order valence-electron chi connectivity index (χ0n) is 15.8. The highest BCUT2D eigenvalue weighted by molar-refractivity contribution is 5.79. The topological polar surface area (TPSA) is 109 Å². The van der Waals surface area contributed by atoms with Crippen molar-refractivity contribution in [1.82, 2.24) is 29.8 Å². The number of carbonyl (C=O) groups is 1. The Hall–Kier alpha value is -2.97. The lowest BCUT2D eigenvalue weighted by atomic mass is 9.97. The lowest BCUT2D eigenvalue weighted by molar-refractivity contribution is -0.131. The van der Waals surface area contributed by atoms with Crippen molar-refractivity contribution in [2.24, 2.45) is 0 Å². The van der Waals surface area contributed by atoms with Gasteiger partial charge in [-0.3, -0.25) is 14.7 Å². The van der Waals surface area contributed by atoms with E-state index in [-0.39, 0.29) is 23.9 Å². The molecule has 1 fully saturated rings. The standard InChI is InChI=1S/C19H22N6O3/c1-11-14(23-28-22-11)10-18(26)24-8-4-7-16(24)15-9-17-20-13-6-3-2-5-12(13)19(27)25(17)21-15/h9,16,21H,2-8,10H2,1H3/t16-/m1/s1. The Kier molecular flexibility index (Phi) is 4.03. The van der Waals surface area contributed by atoms with Gasteiger partial charge in [0.1, 0.15) is 11.4 Å². The number of nitrogens with zero attached hydrogens (tertiary/aromatic N) is 5. The average molecular weight is 382 g/mol. The van der Waals surface area contributed by atoms with E-state index < -0.39 is 0 Å². The minimum atomic E-state index is -0.0919. The summed E-state index contributed by atoms with van der Waals surface area (Å²) in [5, 5.41) is 10.8. The van der Waals surface area contributed by atoms with E-state index in [1.807, 2.05) is 11.0 Å². The number of fused-ring (bicyclic) bond motifs is 2. The second-order valence-corrected chi connectivity index (χ2v) is 7.67. The van der Waals surface area contributed by atoms with Gasteiger partial charge in [0.2, 0.25) is 5.91 Å². The molecule has 0 bridgehead atoms. The molecule has 1 aliphatic heterocycles. The highest BCUT2D eigenvalue weighted by Gasteiger charge is 2.32. The summed E-state index contributed by atoms with van der Waals surface area (Å²) in [4.78, 5) is 32.3. The van der Waals surface area contributed by atoms with Crippen molar-refractivity contribution in [3.8, 4) is 0 Å². The Balaban J connectivity index is 1.47. The Morgan fingerprint density at radius 1 is 1.29 bits per heavy atom. The first kappa shape index (κ1) is 17.2. The largest absolute Gasteiger partial charge is 0.334 e. The fourth-order valence-electron chi connectivity index (χ4n) is 4.39. The van der Waals surface area contributed by atoms with E-state index in [1.54, 1.807) is 6.92 Å². The molecule has 9 heteroatoms. The summed E-state index contributed by atoms with van der Waals surface area (Å²) in [6.07, 6.45) is 5.69. The summed E-state index contributed by atoms with van der Waals surface area (Å²) >= 11 is 0. The molecule has 3 aromatic rings. The minimum Gasteiger partial charge on any atom is -0.334 e. The van der Waals surface area contributed by atoms with Crippen LogP contribution in [0.4, 0.5) is 0 Å². The zero-order chi connectivity index (χ0) is 19.3. The normalized spacial score (nSPS) is 19.3. The average Bonchev–Trinajstić information content (AvgIpc) is 3.42. The Bertz CT molecular complexity index is 1110. The summed E-state index contributed by atoms with van der Waals surface area (Å²) < 4.78 is 6.23. The molecule has 0 unspecified atom stereocenters. The van der Waals surface area contributed by atoms with Crippen molar-refractivity contribution in [2.75, 3.05) is 6.54 Å². The molecule has 1 saturated heterocycles. The van der Waals surface area contributed by atoms with Gasteiger partial charge in [0.05, 0.1) is 23.9 Å². The van der Waals surface area contributed by atoms with Crippen LogP contribution in [0.1, 0.15) is 60.1 Å². The van der Waals surface area contributed by atoms with Crippen molar-refractivity contribution < 1.29 is 9.42 Å². The number of aromatic amines is 1. The molecule has 2 aliphatic rings. The van der Waals surface area contributed by atoms with Gasteiger partial charge in [0.25, 0.3) is 5.56 Å². The molecule has 0 saturated carbocycles. The van der Waals surface area contributed by atoms with Crippen LogP contribution in [0.25, 0.3) is 5.65 Å². The summed E-state index contributed by atoms with van der Waals surface area (Å²) in [5.41, 5.74) is 4.44. The molecule has 0 spiro atoms. The first-order chi connectivity index (χ1) is 13.6. The third-order valence-electron chi connectivity index (χ3n) is 5.90. The van der Waals surface area contributed by atoms with E-state index in [2.05, 4.69) is 15.4 Å². The van der Waals surface area contributed by atoms with Crippen molar-refractivity contribution >= 4 is 11.6 Å². The van der Waals surface area contributed by atoms with Crippen LogP contribution in [0.5, 0.6) is 0 Å². The molecular weight excluding hydrogens is 360 g/mol. The van der Waals surface area contributed by atoms with E-state index in [9.17, 15) is 9.59 Å². The number of aromatic nitrogens is 5. The second-order valence-electron chi connectivity index (χ2n) is 7.67. The Morgan fingerprint density at radius 3 is 2.96 bits per heavy atom. The molecule has 0 aromatic carbocycles. The van der Waals surface area contributed by atoms with Gasteiger partial charge in [0.15, 0.2) is 5.65 Å². The van der Waals surface area contributed by atoms with Crippen molar-refractivity contribution in [3.05, 3.63) is 44.8 Å². The molecule has 146 valence electrons. The molecular formula is C19H22N6O3. The van der Waals surface area contributed by atoms with Crippen LogP contribution in [0.2, 0.25) is 0 Å².